The predicted octanol–water partition coefficient (Wildman–Crippen LogP) is 4.32. The van der Waals surface area contributed by atoms with Gasteiger partial charge in [-0.1, -0.05) is 61.5 Å². The number of carbonyl (C=O) groups excluding carboxylic acids is 1. The Labute approximate surface area is 153 Å². The third kappa shape index (κ3) is 3.97. The highest BCUT2D eigenvalue weighted by Crippen LogP contribution is 2.27. The lowest BCUT2D eigenvalue weighted by atomic mass is 10.0. The van der Waals surface area contributed by atoms with Gasteiger partial charge in [-0.05, 0) is 34.9 Å². The van der Waals surface area contributed by atoms with E-state index in [4.69, 9.17) is 9.47 Å². The Balaban J connectivity index is 1.69. The van der Waals surface area contributed by atoms with E-state index in [1.165, 1.54) is 0 Å². The van der Waals surface area contributed by atoms with Crippen LogP contribution in [0.15, 0.2) is 66.7 Å². The van der Waals surface area contributed by atoms with Crippen LogP contribution in [-0.4, -0.2) is 19.1 Å². The molecule has 0 aromatic heterocycles. The standard InChI is InChI=1S/C22H23NO3/c1-3-19(26-21-14-7-6-13-20(21)25-2)22(24)23-15-17-11-8-10-16-9-4-5-12-18(16)17/h4-14,19H,3,15H2,1-2H3,(H,23,24)/t19-/m1/s1. The molecule has 0 aliphatic heterocycles. The van der Waals surface area contributed by atoms with Crippen LogP contribution in [0.3, 0.4) is 0 Å². The summed E-state index contributed by atoms with van der Waals surface area (Å²) >= 11 is 0. The number of rotatable bonds is 7. The molecular formula is C22H23NO3. The van der Waals surface area contributed by atoms with Crippen molar-refractivity contribution in [2.24, 2.45) is 0 Å². The summed E-state index contributed by atoms with van der Waals surface area (Å²) in [5.41, 5.74) is 1.09. The lowest BCUT2D eigenvalue weighted by Crippen LogP contribution is -2.37. The molecule has 0 saturated heterocycles. The predicted molar refractivity (Wildman–Crippen MR) is 103 cm³/mol. The fourth-order valence-corrected chi connectivity index (χ4v) is 2.93. The monoisotopic (exact) mass is 349 g/mol. The molecule has 0 aliphatic rings. The summed E-state index contributed by atoms with van der Waals surface area (Å²) in [4.78, 5) is 12.6. The van der Waals surface area contributed by atoms with Gasteiger partial charge in [-0.2, -0.15) is 0 Å². The molecular weight excluding hydrogens is 326 g/mol. The van der Waals surface area contributed by atoms with Gasteiger partial charge in [0.25, 0.3) is 5.91 Å². The summed E-state index contributed by atoms with van der Waals surface area (Å²) in [6, 6.07) is 21.6. The Morgan fingerprint density at radius 3 is 2.42 bits per heavy atom. The number of hydrogen-bond acceptors (Lipinski definition) is 3. The topological polar surface area (TPSA) is 47.6 Å². The number of methoxy groups -OCH3 is 1. The SMILES string of the molecule is CC[C@@H](Oc1ccccc1OC)C(=O)NCc1cccc2ccccc12. The van der Waals surface area contributed by atoms with E-state index in [9.17, 15) is 4.79 Å². The number of carbonyl (C=O) groups is 1. The van der Waals surface area contributed by atoms with Gasteiger partial charge >= 0.3 is 0 Å². The number of nitrogens with one attached hydrogen (secondary N) is 1. The molecule has 0 spiro atoms. The molecule has 1 atom stereocenters. The highest BCUT2D eigenvalue weighted by atomic mass is 16.5. The van der Waals surface area contributed by atoms with E-state index in [0.29, 0.717) is 24.5 Å². The molecule has 0 aliphatic carbocycles. The van der Waals surface area contributed by atoms with Crippen LogP contribution in [0.25, 0.3) is 10.8 Å². The van der Waals surface area contributed by atoms with Gasteiger partial charge in [0, 0.05) is 6.54 Å². The third-order valence-electron chi connectivity index (χ3n) is 4.33. The van der Waals surface area contributed by atoms with Crippen molar-refractivity contribution in [2.75, 3.05) is 7.11 Å². The second-order valence-electron chi connectivity index (χ2n) is 6.02. The Hall–Kier alpha value is -3.01. The number of ether oxygens (including phenoxy) is 2. The number of benzene rings is 3. The molecule has 1 N–H and O–H groups in total. The van der Waals surface area contributed by atoms with Crippen molar-refractivity contribution in [1.82, 2.24) is 5.32 Å². The molecule has 4 nitrogen and oxygen atoms in total. The molecule has 0 saturated carbocycles. The van der Waals surface area contributed by atoms with Gasteiger partial charge in [0.2, 0.25) is 0 Å². The highest BCUT2D eigenvalue weighted by Gasteiger charge is 2.19. The average molecular weight is 349 g/mol. The van der Waals surface area contributed by atoms with E-state index >= 15 is 0 Å². The van der Waals surface area contributed by atoms with Gasteiger partial charge in [0.1, 0.15) is 0 Å². The molecule has 0 heterocycles. The highest BCUT2D eigenvalue weighted by molar-refractivity contribution is 5.86. The maximum atomic E-state index is 12.6. The fraction of sp³-hybridized carbons (Fsp3) is 0.227. The van der Waals surface area contributed by atoms with Crippen molar-refractivity contribution < 1.29 is 14.3 Å². The van der Waals surface area contributed by atoms with Crippen LogP contribution < -0.4 is 14.8 Å². The van der Waals surface area contributed by atoms with Gasteiger partial charge in [0.05, 0.1) is 7.11 Å². The third-order valence-corrected chi connectivity index (χ3v) is 4.33. The van der Waals surface area contributed by atoms with E-state index in [1.807, 2.05) is 49.4 Å². The zero-order valence-electron chi connectivity index (χ0n) is 15.1. The van der Waals surface area contributed by atoms with Crippen LogP contribution in [0.4, 0.5) is 0 Å². The van der Waals surface area contributed by atoms with E-state index in [0.717, 1.165) is 16.3 Å². The molecule has 4 heteroatoms. The molecule has 0 fully saturated rings. The molecule has 0 unspecified atom stereocenters. The van der Waals surface area contributed by atoms with Crippen LogP contribution in [-0.2, 0) is 11.3 Å². The first kappa shape index (κ1) is 17.8. The van der Waals surface area contributed by atoms with Crippen molar-refractivity contribution in [3.05, 3.63) is 72.3 Å². The van der Waals surface area contributed by atoms with Crippen LogP contribution in [0.5, 0.6) is 11.5 Å². The van der Waals surface area contributed by atoms with Crippen molar-refractivity contribution in [2.45, 2.75) is 26.0 Å². The average Bonchev–Trinajstić information content (AvgIpc) is 2.70. The van der Waals surface area contributed by atoms with Crippen LogP contribution in [0.1, 0.15) is 18.9 Å². The zero-order chi connectivity index (χ0) is 18.4. The Bertz CT molecular complexity index is 886. The van der Waals surface area contributed by atoms with Gasteiger partial charge in [-0.25, -0.2) is 0 Å². The van der Waals surface area contributed by atoms with E-state index in [-0.39, 0.29) is 5.91 Å². The fourth-order valence-electron chi connectivity index (χ4n) is 2.93. The maximum Gasteiger partial charge on any atom is 0.261 e. The molecule has 0 bridgehead atoms. The van der Waals surface area contributed by atoms with E-state index in [2.05, 4.69) is 23.5 Å². The first-order valence-electron chi connectivity index (χ1n) is 8.77. The van der Waals surface area contributed by atoms with Crippen molar-refractivity contribution in [3.63, 3.8) is 0 Å². The molecule has 3 aromatic carbocycles. The van der Waals surface area contributed by atoms with Crippen molar-refractivity contribution in [3.8, 4) is 11.5 Å². The van der Waals surface area contributed by atoms with Crippen LogP contribution >= 0.6 is 0 Å². The van der Waals surface area contributed by atoms with Gasteiger partial charge < -0.3 is 14.8 Å². The second kappa shape index (κ2) is 8.39. The molecule has 3 aromatic rings. The Kier molecular flexibility index (Phi) is 5.74. The number of para-hydroxylation sites is 2. The number of amides is 1. The minimum Gasteiger partial charge on any atom is -0.493 e. The summed E-state index contributed by atoms with van der Waals surface area (Å²) in [6.07, 6.45) is 0.000606. The summed E-state index contributed by atoms with van der Waals surface area (Å²) < 4.78 is 11.2. The molecule has 26 heavy (non-hydrogen) atoms. The summed E-state index contributed by atoms with van der Waals surface area (Å²) in [5.74, 6) is 1.06. The number of hydrogen-bond donors (Lipinski definition) is 1. The second-order valence-corrected chi connectivity index (χ2v) is 6.02. The molecule has 1 amide bonds. The Morgan fingerprint density at radius 1 is 0.962 bits per heavy atom. The molecule has 3 rings (SSSR count). The maximum absolute atomic E-state index is 12.6. The van der Waals surface area contributed by atoms with Crippen LogP contribution in [0.2, 0.25) is 0 Å². The first-order chi connectivity index (χ1) is 12.7. The van der Waals surface area contributed by atoms with Gasteiger partial charge in [-0.3, -0.25) is 4.79 Å². The van der Waals surface area contributed by atoms with Gasteiger partial charge in [-0.15, -0.1) is 0 Å². The Morgan fingerprint density at radius 2 is 1.65 bits per heavy atom. The van der Waals surface area contributed by atoms with Crippen molar-refractivity contribution in [1.29, 1.82) is 0 Å². The summed E-state index contributed by atoms with van der Waals surface area (Å²) in [7, 11) is 1.59. The quantitative estimate of drug-likeness (QED) is 0.691. The summed E-state index contributed by atoms with van der Waals surface area (Å²) in [6.45, 7) is 2.39. The van der Waals surface area contributed by atoms with E-state index in [1.54, 1.807) is 13.2 Å². The van der Waals surface area contributed by atoms with Crippen molar-refractivity contribution >= 4 is 16.7 Å². The minimum atomic E-state index is -0.568. The molecule has 0 radical (unpaired) electrons. The smallest absolute Gasteiger partial charge is 0.261 e. The normalized spacial score (nSPS) is 11.8. The van der Waals surface area contributed by atoms with Crippen LogP contribution in [0, 0.1) is 0 Å². The molecule has 134 valence electrons. The first-order valence-corrected chi connectivity index (χ1v) is 8.77. The minimum absolute atomic E-state index is 0.133. The summed E-state index contributed by atoms with van der Waals surface area (Å²) in [5, 5.41) is 5.31. The number of fused-ring (bicyclic) bond motifs is 1. The van der Waals surface area contributed by atoms with Gasteiger partial charge in [0.15, 0.2) is 17.6 Å². The largest absolute Gasteiger partial charge is 0.493 e. The zero-order valence-corrected chi connectivity index (χ0v) is 15.1. The lowest BCUT2D eigenvalue weighted by Gasteiger charge is -2.19. The lowest BCUT2D eigenvalue weighted by molar-refractivity contribution is -0.128. The van der Waals surface area contributed by atoms with E-state index < -0.39 is 6.10 Å².